The van der Waals surface area contributed by atoms with Gasteiger partial charge in [0.25, 0.3) is 0 Å². The van der Waals surface area contributed by atoms with Gasteiger partial charge >= 0.3 is 11.9 Å². The van der Waals surface area contributed by atoms with Gasteiger partial charge < -0.3 is 42.6 Å². The highest BCUT2D eigenvalue weighted by atomic mass is 16.4. The number of nitrogens with one attached hydrogen (secondary N) is 4. The van der Waals surface area contributed by atoms with Gasteiger partial charge in [-0.1, -0.05) is 48.5 Å². The Bertz CT molecular complexity index is 1430. The minimum Gasteiger partial charge on any atom is -0.481 e. The number of nitrogens with two attached hydrogens (primary N) is 2. The summed E-state index contributed by atoms with van der Waals surface area (Å²) in [5, 5.41) is 27.4. The van der Waals surface area contributed by atoms with Crippen LogP contribution < -0.4 is 27.4 Å². The smallest absolute Gasteiger partial charge is 0.326 e. The van der Waals surface area contributed by atoms with Crippen LogP contribution in [0.1, 0.15) is 43.2 Å². The van der Waals surface area contributed by atoms with E-state index in [9.17, 15) is 29.1 Å². The molecule has 0 bridgehead atoms. The zero-order valence-electron chi connectivity index (χ0n) is 24.3. The lowest BCUT2D eigenvalue weighted by molar-refractivity contribution is -0.142. The zero-order valence-corrected chi connectivity index (χ0v) is 24.3. The maximum absolute atomic E-state index is 13.8. The summed E-state index contributed by atoms with van der Waals surface area (Å²) in [4.78, 5) is 66.2. The van der Waals surface area contributed by atoms with E-state index in [1.807, 2.05) is 24.3 Å². The molecule has 0 aliphatic rings. The second kappa shape index (κ2) is 16.8. The maximum atomic E-state index is 13.8. The number of carboxylic acid groups (broad SMARTS) is 2. The highest BCUT2D eigenvalue weighted by Crippen LogP contribution is 2.19. The van der Waals surface area contributed by atoms with Crippen LogP contribution in [-0.2, 0) is 36.8 Å². The van der Waals surface area contributed by atoms with E-state index in [1.54, 1.807) is 36.5 Å². The minimum absolute atomic E-state index is 0.0315. The Morgan fingerprint density at radius 3 is 2.02 bits per heavy atom. The molecule has 13 heteroatoms. The number of benzene rings is 2. The normalized spacial score (nSPS) is 13.8. The van der Waals surface area contributed by atoms with Crippen LogP contribution in [0.4, 0.5) is 0 Å². The largest absolute Gasteiger partial charge is 0.481 e. The molecule has 3 rings (SSSR count). The van der Waals surface area contributed by atoms with Crippen molar-refractivity contribution in [1.29, 1.82) is 0 Å². The van der Waals surface area contributed by atoms with Crippen LogP contribution in [0, 0.1) is 0 Å². The Kier molecular flexibility index (Phi) is 12.9. The van der Waals surface area contributed by atoms with Crippen molar-refractivity contribution in [3.05, 3.63) is 71.9 Å². The van der Waals surface area contributed by atoms with Crippen molar-refractivity contribution in [2.45, 2.75) is 69.1 Å². The van der Waals surface area contributed by atoms with Gasteiger partial charge in [0.1, 0.15) is 18.1 Å². The molecular formula is C31H40N6O7. The topological polar surface area (TPSA) is 230 Å². The van der Waals surface area contributed by atoms with Crippen molar-refractivity contribution >= 4 is 40.6 Å². The van der Waals surface area contributed by atoms with E-state index < -0.39 is 53.8 Å². The summed E-state index contributed by atoms with van der Waals surface area (Å²) < 4.78 is 0. The van der Waals surface area contributed by atoms with Crippen molar-refractivity contribution in [3.8, 4) is 0 Å². The van der Waals surface area contributed by atoms with Gasteiger partial charge in [-0.15, -0.1) is 0 Å². The Balaban J connectivity index is 1.86. The molecule has 4 unspecified atom stereocenters. The Morgan fingerprint density at radius 2 is 1.36 bits per heavy atom. The molecule has 4 atom stereocenters. The molecule has 0 fully saturated rings. The van der Waals surface area contributed by atoms with Crippen LogP contribution in [0.5, 0.6) is 0 Å². The molecule has 10 N–H and O–H groups in total. The van der Waals surface area contributed by atoms with Gasteiger partial charge in [-0.2, -0.15) is 0 Å². The number of carboxylic acids is 2. The molecule has 2 aromatic carbocycles. The quantitative estimate of drug-likeness (QED) is 0.0954. The van der Waals surface area contributed by atoms with Crippen LogP contribution in [0.2, 0.25) is 0 Å². The predicted octanol–water partition coefficient (Wildman–Crippen LogP) is 0.813. The molecule has 13 nitrogen and oxygen atoms in total. The zero-order chi connectivity index (χ0) is 32.1. The van der Waals surface area contributed by atoms with Gasteiger partial charge in [0.15, 0.2) is 0 Å². The number of aromatic nitrogens is 1. The van der Waals surface area contributed by atoms with Crippen molar-refractivity contribution in [1.82, 2.24) is 20.9 Å². The predicted molar refractivity (Wildman–Crippen MR) is 163 cm³/mol. The second-order valence-corrected chi connectivity index (χ2v) is 10.6. The first-order valence-electron chi connectivity index (χ1n) is 14.5. The summed E-state index contributed by atoms with van der Waals surface area (Å²) in [5.41, 5.74) is 13.7. The summed E-state index contributed by atoms with van der Waals surface area (Å²) in [6, 6.07) is 11.6. The third kappa shape index (κ3) is 10.2. The molecular weight excluding hydrogens is 568 g/mol. The number of amides is 3. The van der Waals surface area contributed by atoms with E-state index in [2.05, 4.69) is 20.9 Å². The number of fused-ring (bicyclic) bond motifs is 1. The Hall–Kier alpha value is -4.75. The minimum atomic E-state index is -1.21. The average molecular weight is 609 g/mol. The first kappa shape index (κ1) is 33.7. The van der Waals surface area contributed by atoms with E-state index in [1.165, 1.54) is 0 Å². The Morgan fingerprint density at radius 1 is 0.750 bits per heavy atom. The maximum Gasteiger partial charge on any atom is 0.326 e. The molecule has 1 aromatic heterocycles. The van der Waals surface area contributed by atoms with Crippen molar-refractivity contribution in [3.63, 3.8) is 0 Å². The molecule has 1 heterocycles. The Labute approximate surface area is 254 Å². The monoisotopic (exact) mass is 608 g/mol. The van der Waals surface area contributed by atoms with Gasteiger partial charge in [-0.05, 0) is 49.4 Å². The van der Waals surface area contributed by atoms with E-state index in [0.29, 0.717) is 19.4 Å². The number of carbonyl (C=O) groups excluding carboxylic acids is 3. The van der Waals surface area contributed by atoms with Crippen molar-refractivity contribution in [2.75, 3.05) is 6.54 Å². The van der Waals surface area contributed by atoms with E-state index in [4.69, 9.17) is 16.6 Å². The number of aromatic amines is 1. The molecule has 0 spiro atoms. The average Bonchev–Trinajstić information content (AvgIpc) is 3.41. The van der Waals surface area contributed by atoms with E-state index >= 15 is 0 Å². The van der Waals surface area contributed by atoms with Crippen LogP contribution in [0.25, 0.3) is 10.9 Å². The number of unbranched alkanes of at least 4 members (excludes halogenated alkanes) is 1. The lowest BCUT2D eigenvalue weighted by atomic mass is 10.0. The fourth-order valence-corrected chi connectivity index (χ4v) is 4.77. The molecule has 0 aliphatic heterocycles. The molecule has 3 aromatic rings. The van der Waals surface area contributed by atoms with Gasteiger partial charge in [-0.25, -0.2) is 4.79 Å². The molecule has 44 heavy (non-hydrogen) atoms. The molecule has 3 amide bonds. The number of rotatable bonds is 18. The standard InChI is InChI=1S/C31H40N6O7/c32-15-7-6-12-24(31(43)44)35-29(41)25(16-19-8-2-1-3-9-19)37-30(42)26(36-28(40)22(33)13-14-27(38)39)17-20-18-34-23-11-5-4-10-21(20)23/h1-5,8-11,18,22,24-26,34H,6-7,12-17,32-33H2,(H,35,41)(H,36,40)(H,37,42)(H,38,39)(H,43,44). The molecule has 0 saturated carbocycles. The van der Waals surface area contributed by atoms with Crippen LogP contribution in [0.15, 0.2) is 60.8 Å². The first-order chi connectivity index (χ1) is 21.1. The van der Waals surface area contributed by atoms with Gasteiger partial charge in [-0.3, -0.25) is 19.2 Å². The number of aliphatic carboxylic acids is 2. The number of carbonyl (C=O) groups is 5. The van der Waals surface area contributed by atoms with Crippen molar-refractivity contribution in [2.24, 2.45) is 11.5 Å². The number of hydrogen-bond donors (Lipinski definition) is 8. The van der Waals surface area contributed by atoms with E-state index in [0.717, 1.165) is 22.0 Å². The van der Waals surface area contributed by atoms with Gasteiger partial charge in [0.2, 0.25) is 17.7 Å². The van der Waals surface area contributed by atoms with Gasteiger partial charge in [0, 0.05) is 36.4 Å². The fraction of sp³-hybridized carbons (Fsp3) is 0.387. The third-order valence-electron chi connectivity index (χ3n) is 7.22. The molecule has 0 aliphatic carbocycles. The highest BCUT2D eigenvalue weighted by molar-refractivity contribution is 5.95. The first-order valence-corrected chi connectivity index (χ1v) is 14.5. The van der Waals surface area contributed by atoms with Gasteiger partial charge in [0.05, 0.1) is 6.04 Å². The summed E-state index contributed by atoms with van der Waals surface area (Å²) >= 11 is 0. The summed E-state index contributed by atoms with van der Waals surface area (Å²) in [6.07, 6.45) is 2.58. The SMILES string of the molecule is NCCCCC(NC(=O)C(Cc1ccccc1)NC(=O)C(Cc1c[nH]c2ccccc12)NC(=O)C(N)CCC(=O)O)C(=O)O. The van der Waals surface area contributed by atoms with Crippen molar-refractivity contribution < 1.29 is 34.2 Å². The molecule has 0 saturated heterocycles. The molecule has 236 valence electrons. The summed E-state index contributed by atoms with van der Waals surface area (Å²) in [5.74, 6) is -4.43. The summed E-state index contributed by atoms with van der Waals surface area (Å²) in [7, 11) is 0. The number of para-hydroxylation sites is 1. The summed E-state index contributed by atoms with van der Waals surface area (Å²) in [6.45, 7) is 0.385. The lowest BCUT2D eigenvalue weighted by Gasteiger charge is -2.25. The lowest BCUT2D eigenvalue weighted by Crippen LogP contribution is -2.58. The number of hydrogen-bond acceptors (Lipinski definition) is 7. The fourth-order valence-electron chi connectivity index (χ4n) is 4.77. The highest BCUT2D eigenvalue weighted by Gasteiger charge is 2.31. The van der Waals surface area contributed by atoms with Crippen LogP contribution in [0.3, 0.4) is 0 Å². The third-order valence-corrected chi connectivity index (χ3v) is 7.22. The number of H-pyrrole nitrogens is 1. The van der Waals surface area contributed by atoms with Crippen LogP contribution in [-0.4, -0.2) is 75.6 Å². The second-order valence-electron chi connectivity index (χ2n) is 10.6. The van der Waals surface area contributed by atoms with E-state index in [-0.39, 0.29) is 32.1 Å². The van der Waals surface area contributed by atoms with Crippen LogP contribution >= 0.6 is 0 Å². The molecule has 0 radical (unpaired) electrons.